The molecule has 0 spiro atoms. The lowest BCUT2D eigenvalue weighted by Crippen LogP contribution is -2.43. The fourth-order valence-corrected chi connectivity index (χ4v) is 9.03. The minimum atomic E-state index is -0.560. The number of benzene rings is 4. The van der Waals surface area contributed by atoms with Crippen molar-refractivity contribution in [3.8, 4) is 16.9 Å². The molecule has 0 aliphatic carbocycles. The summed E-state index contributed by atoms with van der Waals surface area (Å²) in [6.07, 6.45) is 2.89. The first-order valence-corrected chi connectivity index (χ1v) is 25.8. The van der Waals surface area contributed by atoms with Crippen molar-refractivity contribution in [1.29, 1.82) is 0 Å². The highest BCUT2D eigenvalue weighted by atomic mass is 35.5. The van der Waals surface area contributed by atoms with Gasteiger partial charge in [0.25, 0.3) is 11.8 Å². The van der Waals surface area contributed by atoms with E-state index < -0.39 is 5.60 Å². The Morgan fingerprint density at radius 1 is 0.712 bits per heavy atom. The van der Waals surface area contributed by atoms with Gasteiger partial charge in [0.2, 0.25) is 5.91 Å². The Hall–Kier alpha value is -5.75. The molecule has 0 fully saturated rings. The predicted octanol–water partition coefficient (Wildman–Crippen LogP) is 8.95. The number of amides is 4. The van der Waals surface area contributed by atoms with E-state index in [1.54, 1.807) is 6.92 Å². The van der Waals surface area contributed by atoms with Crippen molar-refractivity contribution in [2.45, 2.75) is 91.0 Å². The Morgan fingerprint density at radius 3 is 1.92 bits per heavy atom. The number of rotatable bonds is 27. The second kappa shape index (κ2) is 28.6. The Balaban J connectivity index is 0.745. The van der Waals surface area contributed by atoms with E-state index in [2.05, 4.69) is 35.9 Å². The van der Waals surface area contributed by atoms with Crippen LogP contribution in [0.3, 0.4) is 0 Å². The molecule has 0 radical (unpaired) electrons. The van der Waals surface area contributed by atoms with E-state index in [-0.39, 0.29) is 48.5 Å². The van der Waals surface area contributed by atoms with Crippen molar-refractivity contribution in [3.63, 3.8) is 0 Å². The summed E-state index contributed by atoms with van der Waals surface area (Å²) < 4.78 is 39.3. The molecule has 4 aromatic carbocycles. The molecule has 0 saturated heterocycles. The van der Waals surface area contributed by atoms with Gasteiger partial charge in [-0.3, -0.25) is 14.4 Å². The molecule has 1 unspecified atom stereocenters. The molecule has 6 rings (SSSR count). The van der Waals surface area contributed by atoms with E-state index in [0.717, 1.165) is 58.5 Å². The average molecular weight is 1030 g/mol. The number of nitrogens with one attached hydrogen (secondary N) is 3. The van der Waals surface area contributed by atoms with E-state index in [1.165, 1.54) is 0 Å². The van der Waals surface area contributed by atoms with Gasteiger partial charge < -0.3 is 58.9 Å². The summed E-state index contributed by atoms with van der Waals surface area (Å²) in [5.41, 5.74) is 7.02. The van der Waals surface area contributed by atoms with Crippen molar-refractivity contribution in [1.82, 2.24) is 15.5 Å². The van der Waals surface area contributed by atoms with Gasteiger partial charge in [-0.05, 0) is 135 Å². The quantitative estimate of drug-likeness (QED) is 0.0485. The normalized spacial score (nSPS) is 16.3. The van der Waals surface area contributed by atoms with Gasteiger partial charge >= 0.3 is 6.09 Å². The lowest BCUT2D eigenvalue weighted by atomic mass is 9.88. The van der Waals surface area contributed by atoms with Crippen LogP contribution in [0, 0.1) is 0 Å². The summed E-state index contributed by atoms with van der Waals surface area (Å²) >= 11 is 6.13. The van der Waals surface area contributed by atoms with Gasteiger partial charge in [0.1, 0.15) is 11.4 Å². The van der Waals surface area contributed by atoms with E-state index in [1.807, 2.05) is 109 Å². The van der Waals surface area contributed by atoms with Crippen LogP contribution in [0.4, 0.5) is 16.2 Å². The molecule has 16 nitrogen and oxygen atoms in total. The number of fused-ring (bicyclic) bond motifs is 2. The van der Waals surface area contributed by atoms with Crippen LogP contribution < -0.4 is 25.6 Å². The van der Waals surface area contributed by atoms with Crippen LogP contribution in [-0.2, 0) is 44.4 Å². The summed E-state index contributed by atoms with van der Waals surface area (Å²) in [6.45, 7) is 16.5. The van der Waals surface area contributed by atoms with Crippen LogP contribution in [-0.4, -0.2) is 133 Å². The molecular formula is C56H74ClN5O11. The van der Waals surface area contributed by atoms with Crippen LogP contribution in [0.1, 0.15) is 99.9 Å². The molecule has 4 aromatic rings. The minimum absolute atomic E-state index is 0.00476. The van der Waals surface area contributed by atoms with Crippen LogP contribution in [0.25, 0.3) is 11.1 Å². The monoisotopic (exact) mass is 1030 g/mol. The summed E-state index contributed by atoms with van der Waals surface area (Å²) in [7, 11) is 0. The molecule has 0 bridgehead atoms. The van der Waals surface area contributed by atoms with E-state index in [9.17, 15) is 19.2 Å². The second-order valence-corrected chi connectivity index (χ2v) is 19.5. The highest BCUT2D eigenvalue weighted by Gasteiger charge is 2.34. The molecule has 3 N–H and O–H groups in total. The van der Waals surface area contributed by atoms with Gasteiger partial charge in [0, 0.05) is 54.6 Å². The summed E-state index contributed by atoms with van der Waals surface area (Å²) in [5, 5.41) is 10.0. The third-order valence-electron chi connectivity index (χ3n) is 12.3. The summed E-state index contributed by atoms with van der Waals surface area (Å²) in [6, 6.07) is 27.0. The molecule has 4 amide bonds. The first kappa shape index (κ1) is 56.5. The second-order valence-electron chi connectivity index (χ2n) is 19.1. The lowest BCUT2D eigenvalue weighted by Gasteiger charge is -2.39. The number of carbonyl (C=O) groups excluding carboxylic acids is 4. The van der Waals surface area contributed by atoms with Gasteiger partial charge in [-0.15, -0.1) is 0 Å². The number of nitrogens with zero attached hydrogens (tertiary/aromatic N) is 2. The Morgan fingerprint density at radius 2 is 1.32 bits per heavy atom. The molecule has 2 heterocycles. The van der Waals surface area contributed by atoms with Gasteiger partial charge in [-0.25, -0.2) is 4.79 Å². The average Bonchev–Trinajstić information content (AvgIpc) is 3.36. The van der Waals surface area contributed by atoms with Crippen molar-refractivity contribution in [2.75, 3.05) is 103 Å². The van der Waals surface area contributed by atoms with Gasteiger partial charge in [-0.1, -0.05) is 49.2 Å². The lowest BCUT2D eigenvalue weighted by molar-refractivity contribution is -0.123. The molecule has 17 heteroatoms. The maximum absolute atomic E-state index is 12.9. The maximum Gasteiger partial charge on any atom is 0.410 e. The molecule has 2 aliphatic heterocycles. The minimum Gasteiger partial charge on any atom is -0.484 e. The standard InChI is InChI=1S/C56H74ClN5O11/c1-7-8-51-48-19-18-47(36-44(48)21-24-61(51)55(66)73-56(4,5)6)72-38-53(64)58-22-25-67-27-29-69-31-33-71-34-32-70-30-28-68-26-23-59-54(65)42-11-9-41(10-12-42)43-13-20-52-49(37-43)50(35-39(2)62(52)40(3)63)60-46-16-14-45(57)15-17-46/h9-20,36-37,39,50-51,60H,7-8,21-35,38H2,1-6H3,(H,58,64)(H,59,65)/t39-,50+,51?/m0/s1. The molecule has 0 saturated carbocycles. The van der Waals surface area contributed by atoms with Crippen molar-refractivity contribution in [3.05, 3.63) is 112 Å². The van der Waals surface area contributed by atoms with E-state index in [0.29, 0.717) is 108 Å². The van der Waals surface area contributed by atoms with Crippen LogP contribution >= 0.6 is 11.6 Å². The molecule has 73 heavy (non-hydrogen) atoms. The zero-order valence-electron chi connectivity index (χ0n) is 43.3. The fourth-order valence-electron chi connectivity index (χ4n) is 8.91. The first-order chi connectivity index (χ1) is 35.2. The van der Waals surface area contributed by atoms with Crippen LogP contribution in [0.5, 0.6) is 5.75 Å². The van der Waals surface area contributed by atoms with Gasteiger partial charge in [-0.2, -0.15) is 0 Å². The largest absolute Gasteiger partial charge is 0.484 e. The Kier molecular flexibility index (Phi) is 22.2. The Labute approximate surface area is 435 Å². The zero-order valence-corrected chi connectivity index (χ0v) is 44.1. The topological polar surface area (TPSA) is 175 Å². The summed E-state index contributed by atoms with van der Waals surface area (Å²) in [5.74, 6) is 0.192. The number of halogens is 1. The van der Waals surface area contributed by atoms with Crippen LogP contribution in [0.2, 0.25) is 5.02 Å². The van der Waals surface area contributed by atoms with E-state index >= 15 is 0 Å². The Bertz CT molecular complexity index is 2400. The van der Waals surface area contributed by atoms with Crippen molar-refractivity contribution >= 4 is 46.8 Å². The molecule has 0 aromatic heterocycles. The van der Waals surface area contributed by atoms with Crippen molar-refractivity contribution in [2.24, 2.45) is 0 Å². The highest BCUT2D eigenvalue weighted by Crippen LogP contribution is 2.42. The number of anilines is 2. The number of hydrogen-bond acceptors (Lipinski definition) is 12. The fraction of sp³-hybridized carbons (Fsp3) is 0.500. The van der Waals surface area contributed by atoms with E-state index in [4.69, 9.17) is 44.8 Å². The zero-order chi connectivity index (χ0) is 52.2. The van der Waals surface area contributed by atoms with Crippen LogP contribution in [0.15, 0.2) is 84.9 Å². The predicted molar refractivity (Wildman–Crippen MR) is 283 cm³/mol. The third-order valence-corrected chi connectivity index (χ3v) is 12.6. The molecule has 396 valence electrons. The van der Waals surface area contributed by atoms with Gasteiger partial charge in [0.15, 0.2) is 6.61 Å². The maximum atomic E-state index is 12.9. The summed E-state index contributed by atoms with van der Waals surface area (Å²) in [4.78, 5) is 54.6. The highest BCUT2D eigenvalue weighted by molar-refractivity contribution is 6.30. The molecular weight excluding hydrogens is 954 g/mol. The SMILES string of the molecule is CCCC1c2ccc(OCC(=O)NCCOCCOCCOCCOCCOCCNC(=O)c3ccc(-c4ccc5c(c4)[C@H](Nc4ccc(Cl)cc4)C[C@H](C)N5C(C)=O)cc3)cc2CCN1C(=O)OC(C)(C)C. The number of ether oxygens (including phenoxy) is 7. The third kappa shape index (κ3) is 17.7. The molecule has 2 aliphatic rings. The number of carbonyl (C=O) groups is 4. The van der Waals surface area contributed by atoms with Crippen molar-refractivity contribution < 1.29 is 52.3 Å². The smallest absolute Gasteiger partial charge is 0.410 e. The molecule has 3 atom stereocenters. The van der Waals surface area contributed by atoms with Gasteiger partial charge in [0.05, 0.1) is 78.2 Å². The number of hydrogen-bond donors (Lipinski definition) is 3. The first-order valence-electron chi connectivity index (χ1n) is 25.5.